The van der Waals surface area contributed by atoms with Crippen LogP contribution in [-0.2, 0) is 9.53 Å². The van der Waals surface area contributed by atoms with E-state index in [4.69, 9.17) is 4.74 Å². The van der Waals surface area contributed by atoms with Gasteiger partial charge in [0, 0.05) is 6.21 Å². The SMILES string of the molecule is CCCC1(N=CC(C(=O)OCC)=C(O)c2cc(F)c(F)c(F)c2F)CCC1. The van der Waals surface area contributed by atoms with E-state index in [1.165, 1.54) is 6.92 Å². The molecule has 1 aromatic carbocycles. The van der Waals surface area contributed by atoms with Gasteiger partial charge in [-0.2, -0.15) is 0 Å². The molecule has 27 heavy (non-hydrogen) atoms. The van der Waals surface area contributed by atoms with Crippen molar-refractivity contribution in [1.82, 2.24) is 0 Å². The predicted molar refractivity (Wildman–Crippen MR) is 92.4 cm³/mol. The summed E-state index contributed by atoms with van der Waals surface area (Å²) >= 11 is 0. The first kappa shape index (κ1) is 20.9. The topological polar surface area (TPSA) is 58.9 Å². The zero-order chi connectivity index (χ0) is 20.2. The van der Waals surface area contributed by atoms with E-state index in [0.29, 0.717) is 0 Å². The van der Waals surface area contributed by atoms with Crippen LogP contribution in [0.5, 0.6) is 0 Å². The standard InChI is InChI=1S/C19H21F4NO3/c1-3-6-19(7-5-8-19)24-10-12(18(26)27-4-2)17(25)11-9-13(20)15(22)16(23)14(11)21/h9-10,25H,3-8H2,1-2H3. The normalized spacial score (nSPS) is 16.8. The number of nitrogens with zero attached hydrogens (tertiary/aromatic N) is 1. The molecule has 1 fully saturated rings. The van der Waals surface area contributed by atoms with Gasteiger partial charge in [-0.25, -0.2) is 22.4 Å². The zero-order valence-corrected chi connectivity index (χ0v) is 15.1. The molecule has 1 saturated carbocycles. The monoisotopic (exact) mass is 387 g/mol. The Morgan fingerprint density at radius 1 is 1.22 bits per heavy atom. The lowest BCUT2D eigenvalue weighted by molar-refractivity contribution is -0.137. The van der Waals surface area contributed by atoms with Gasteiger partial charge in [-0.3, -0.25) is 4.99 Å². The maximum Gasteiger partial charge on any atom is 0.343 e. The van der Waals surface area contributed by atoms with Crippen molar-refractivity contribution >= 4 is 17.9 Å². The van der Waals surface area contributed by atoms with Crippen molar-refractivity contribution in [2.75, 3.05) is 6.61 Å². The molecule has 0 unspecified atom stereocenters. The highest BCUT2D eigenvalue weighted by atomic mass is 19.2. The number of benzene rings is 1. The smallest absolute Gasteiger partial charge is 0.343 e. The van der Waals surface area contributed by atoms with E-state index < -0.39 is 46.1 Å². The second-order valence-electron chi connectivity index (χ2n) is 6.42. The Balaban J connectivity index is 2.54. The van der Waals surface area contributed by atoms with Gasteiger partial charge in [-0.15, -0.1) is 0 Å². The zero-order valence-electron chi connectivity index (χ0n) is 15.1. The van der Waals surface area contributed by atoms with E-state index in [1.807, 2.05) is 6.92 Å². The highest BCUT2D eigenvalue weighted by Gasteiger charge is 2.35. The van der Waals surface area contributed by atoms with E-state index >= 15 is 0 Å². The first-order valence-corrected chi connectivity index (χ1v) is 8.75. The molecule has 0 amide bonds. The highest BCUT2D eigenvalue weighted by Crippen LogP contribution is 2.39. The third-order valence-electron chi connectivity index (χ3n) is 4.58. The van der Waals surface area contributed by atoms with Crippen LogP contribution < -0.4 is 0 Å². The number of hydrogen-bond donors (Lipinski definition) is 1. The molecule has 0 aliphatic heterocycles. The highest BCUT2D eigenvalue weighted by molar-refractivity contribution is 6.15. The van der Waals surface area contributed by atoms with Gasteiger partial charge in [0.15, 0.2) is 23.3 Å². The molecule has 0 saturated heterocycles. The van der Waals surface area contributed by atoms with E-state index in [1.54, 1.807) is 0 Å². The molecule has 0 atom stereocenters. The number of carbonyl (C=O) groups excluding carboxylic acids is 1. The Labute approximate surface area is 154 Å². The minimum absolute atomic E-state index is 0.0435. The lowest BCUT2D eigenvalue weighted by Gasteiger charge is -2.38. The minimum atomic E-state index is -2.09. The first-order valence-electron chi connectivity index (χ1n) is 8.75. The number of carbonyl (C=O) groups is 1. The van der Waals surface area contributed by atoms with Crippen molar-refractivity contribution in [2.45, 2.75) is 51.5 Å². The summed E-state index contributed by atoms with van der Waals surface area (Å²) in [7, 11) is 0. The summed E-state index contributed by atoms with van der Waals surface area (Å²) in [6.07, 6.45) is 5.20. The van der Waals surface area contributed by atoms with E-state index in [0.717, 1.165) is 38.3 Å². The fraction of sp³-hybridized carbons (Fsp3) is 0.474. The number of hydrogen-bond acceptors (Lipinski definition) is 4. The third kappa shape index (κ3) is 4.31. The Bertz CT molecular complexity index is 786. The van der Waals surface area contributed by atoms with E-state index in [9.17, 15) is 27.5 Å². The van der Waals surface area contributed by atoms with Crippen LogP contribution in [0.4, 0.5) is 17.6 Å². The van der Waals surface area contributed by atoms with Crippen molar-refractivity contribution in [1.29, 1.82) is 0 Å². The Kier molecular flexibility index (Phi) is 6.62. The van der Waals surface area contributed by atoms with Crippen molar-refractivity contribution in [2.24, 2.45) is 4.99 Å². The van der Waals surface area contributed by atoms with Crippen LogP contribution in [-0.4, -0.2) is 29.4 Å². The average molecular weight is 387 g/mol. The number of aliphatic hydroxyl groups excluding tert-OH is 1. The minimum Gasteiger partial charge on any atom is -0.506 e. The first-order chi connectivity index (χ1) is 12.8. The molecule has 4 nitrogen and oxygen atoms in total. The largest absolute Gasteiger partial charge is 0.506 e. The molecule has 1 aromatic rings. The van der Waals surface area contributed by atoms with Gasteiger partial charge in [0.2, 0.25) is 0 Å². The molecular weight excluding hydrogens is 366 g/mol. The summed E-state index contributed by atoms with van der Waals surface area (Å²) < 4.78 is 58.9. The lowest BCUT2D eigenvalue weighted by Crippen LogP contribution is -2.35. The van der Waals surface area contributed by atoms with Gasteiger partial charge < -0.3 is 9.84 Å². The molecule has 1 aliphatic carbocycles. The molecular formula is C19H21F4NO3. The van der Waals surface area contributed by atoms with Crippen LogP contribution in [0.2, 0.25) is 0 Å². The summed E-state index contributed by atoms with van der Waals surface area (Å²) in [5, 5.41) is 10.3. The lowest BCUT2D eigenvalue weighted by atomic mass is 9.74. The molecule has 0 radical (unpaired) electrons. The van der Waals surface area contributed by atoms with E-state index in [-0.39, 0.29) is 18.2 Å². The van der Waals surface area contributed by atoms with Crippen molar-refractivity contribution in [3.63, 3.8) is 0 Å². The second kappa shape index (κ2) is 8.54. The number of aliphatic imine (C=N–C) groups is 1. The average Bonchev–Trinajstić information content (AvgIpc) is 2.60. The fourth-order valence-corrected chi connectivity index (χ4v) is 3.01. The van der Waals surface area contributed by atoms with Gasteiger partial charge in [-0.1, -0.05) is 13.3 Å². The van der Waals surface area contributed by atoms with Crippen LogP contribution >= 0.6 is 0 Å². The summed E-state index contributed by atoms with van der Waals surface area (Å²) in [5.74, 6) is -9.71. The quantitative estimate of drug-likeness (QED) is 0.138. The number of ether oxygens (including phenoxy) is 1. The Hall–Kier alpha value is -2.38. The van der Waals surface area contributed by atoms with Crippen LogP contribution in [0, 0.1) is 23.3 Å². The number of esters is 1. The van der Waals surface area contributed by atoms with Gasteiger partial charge in [0.1, 0.15) is 11.3 Å². The van der Waals surface area contributed by atoms with Gasteiger partial charge in [0.05, 0.1) is 17.7 Å². The Morgan fingerprint density at radius 3 is 2.41 bits per heavy atom. The molecule has 1 aliphatic rings. The summed E-state index contributed by atoms with van der Waals surface area (Å²) in [5.41, 5.74) is -1.92. The van der Waals surface area contributed by atoms with E-state index in [2.05, 4.69) is 4.99 Å². The summed E-state index contributed by atoms with van der Waals surface area (Å²) in [6.45, 7) is 3.46. The molecule has 8 heteroatoms. The third-order valence-corrected chi connectivity index (χ3v) is 4.58. The Morgan fingerprint density at radius 2 is 1.89 bits per heavy atom. The van der Waals surface area contributed by atoms with Crippen LogP contribution in [0.15, 0.2) is 16.6 Å². The second-order valence-corrected chi connectivity index (χ2v) is 6.42. The summed E-state index contributed by atoms with van der Waals surface area (Å²) in [4.78, 5) is 16.5. The van der Waals surface area contributed by atoms with Gasteiger partial charge in [0.25, 0.3) is 0 Å². The predicted octanol–water partition coefficient (Wildman–Crippen LogP) is 4.87. The maximum atomic E-state index is 14.0. The van der Waals surface area contributed by atoms with Crippen molar-refractivity contribution < 1.29 is 32.2 Å². The molecule has 0 heterocycles. The molecule has 2 rings (SSSR count). The number of rotatable bonds is 7. The van der Waals surface area contributed by atoms with Crippen LogP contribution in [0.3, 0.4) is 0 Å². The van der Waals surface area contributed by atoms with Gasteiger partial charge in [-0.05, 0) is 38.7 Å². The molecule has 1 N–H and O–H groups in total. The molecule has 0 bridgehead atoms. The van der Waals surface area contributed by atoms with Gasteiger partial charge >= 0.3 is 5.97 Å². The number of aliphatic hydroxyl groups is 1. The molecule has 148 valence electrons. The maximum absolute atomic E-state index is 14.0. The number of halogens is 4. The summed E-state index contributed by atoms with van der Waals surface area (Å²) in [6, 6.07) is 0.279. The molecule has 0 spiro atoms. The fourth-order valence-electron chi connectivity index (χ4n) is 3.01. The van der Waals surface area contributed by atoms with Crippen LogP contribution in [0.25, 0.3) is 5.76 Å². The van der Waals surface area contributed by atoms with Crippen molar-refractivity contribution in [3.05, 3.63) is 40.5 Å². The van der Waals surface area contributed by atoms with Crippen LogP contribution in [0.1, 0.15) is 51.5 Å². The molecule has 0 aromatic heterocycles. The van der Waals surface area contributed by atoms with Crippen molar-refractivity contribution in [3.8, 4) is 0 Å².